The monoisotopic (exact) mass is 253 g/mol. The Kier molecular flexibility index (Phi) is 2.97. The molecule has 1 aromatic rings. The van der Waals surface area contributed by atoms with Crippen molar-refractivity contribution in [3.63, 3.8) is 0 Å². The Morgan fingerprint density at radius 2 is 2.38 bits per heavy atom. The molecule has 1 amide bonds. The number of carbonyl (C=O) groups excluding carboxylic acids is 1. The first-order chi connectivity index (χ1) is 6.00. The zero-order chi connectivity index (χ0) is 10.0. The van der Waals surface area contributed by atoms with E-state index >= 15 is 0 Å². The van der Waals surface area contributed by atoms with Crippen LogP contribution in [0.3, 0.4) is 0 Å². The van der Waals surface area contributed by atoms with Crippen LogP contribution in [0.5, 0.6) is 0 Å². The van der Waals surface area contributed by atoms with Crippen LogP contribution >= 0.6 is 15.9 Å². The molecule has 1 N–H and O–H groups in total. The summed E-state index contributed by atoms with van der Waals surface area (Å²) >= 11 is 3.10. The molecule has 0 spiro atoms. The summed E-state index contributed by atoms with van der Waals surface area (Å²) in [5.74, 6) is -1.26. The van der Waals surface area contributed by atoms with Crippen molar-refractivity contribution in [2.24, 2.45) is 7.05 Å². The van der Waals surface area contributed by atoms with Crippen LogP contribution < -0.4 is 5.32 Å². The highest BCUT2D eigenvalue weighted by Crippen LogP contribution is 2.14. The maximum absolute atomic E-state index is 11.8. The van der Waals surface area contributed by atoms with Gasteiger partial charge in [0.15, 0.2) is 5.82 Å². The number of aryl methyl sites for hydroxylation is 1. The van der Waals surface area contributed by atoms with Gasteiger partial charge in [-0.3, -0.25) is 9.48 Å². The van der Waals surface area contributed by atoms with Crippen molar-refractivity contribution >= 4 is 27.7 Å². The summed E-state index contributed by atoms with van der Waals surface area (Å²) in [7, 11) is 1.61. The van der Waals surface area contributed by atoms with Crippen LogP contribution in [0.15, 0.2) is 10.7 Å². The van der Waals surface area contributed by atoms with Gasteiger partial charge in [-0.05, 0) is 15.9 Å². The quantitative estimate of drug-likeness (QED) is 0.866. The summed E-state index contributed by atoms with van der Waals surface area (Å²) < 4.78 is 25.5. The highest BCUT2D eigenvalue weighted by Gasteiger charge is 2.16. The smallest absolute Gasteiger partial charge is 0.304 e. The molecule has 0 radical (unpaired) electrons. The second kappa shape index (κ2) is 3.82. The average molecular weight is 254 g/mol. The number of hydrogen-bond donors (Lipinski definition) is 1. The van der Waals surface area contributed by atoms with Gasteiger partial charge in [-0.2, -0.15) is 13.9 Å². The molecule has 0 fully saturated rings. The van der Waals surface area contributed by atoms with Crippen molar-refractivity contribution in [3.05, 3.63) is 10.7 Å². The van der Waals surface area contributed by atoms with Crippen molar-refractivity contribution in [1.29, 1.82) is 0 Å². The number of hydrogen-bond acceptors (Lipinski definition) is 2. The van der Waals surface area contributed by atoms with E-state index in [4.69, 9.17) is 0 Å². The molecule has 0 aliphatic heterocycles. The van der Waals surface area contributed by atoms with Gasteiger partial charge >= 0.3 is 6.43 Å². The SMILES string of the molecule is Cn1nc(NC(=O)C(F)F)cc1Br. The van der Waals surface area contributed by atoms with Gasteiger partial charge in [0.05, 0.1) is 0 Å². The Morgan fingerprint density at radius 1 is 1.77 bits per heavy atom. The third kappa shape index (κ3) is 2.48. The topological polar surface area (TPSA) is 46.9 Å². The summed E-state index contributed by atoms with van der Waals surface area (Å²) in [5, 5.41) is 5.69. The number of aromatic nitrogens is 2. The van der Waals surface area contributed by atoms with Crippen molar-refractivity contribution in [2.75, 3.05) is 5.32 Å². The first kappa shape index (κ1) is 10.1. The Balaban J connectivity index is 2.70. The number of rotatable bonds is 2. The summed E-state index contributed by atoms with van der Waals surface area (Å²) in [6.45, 7) is 0. The zero-order valence-corrected chi connectivity index (χ0v) is 8.18. The van der Waals surface area contributed by atoms with Gasteiger partial charge in [-0.15, -0.1) is 0 Å². The molecule has 0 atom stereocenters. The fourth-order valence-electron chi connectivity index (χ4n) is 0.686. The van der Waals surface area contributed by atoms with Crippen LogP contribution in [-0.4, -0.2) is 22.1 Å². The highest BCUT2D eigenvalue weighted by molar-refractivity contribution is 9.10. The van der Waals surface area contributed by atoms with Gasteiger partial charge in [-0.1, -0.05) is 0 Å². The maximum atomic E-state index is 11.8. The third-order valence-electron chi connectivity index (χ3n) is 1.27. The number of anilines is 1. The molecule has 13 heavy (non-hydrogen) atoms. The second-order valence-corrected chi connectivity index (χ2v) is 3.08. The molecule has 7 heteroatoms. The van der Waals surface area contributed by atoms with Crippen LogP contribution in [0.2, 0.25) is 0 Å². The van der Waals surface area contributed by atoms with Gasteiger partial charge in [0.2, 0.25) is 0 Å². The molecule has 0 saturated carbocycles. The number of alkyl halides is 2. The normalized spacial score (nSPS) is 10.5. The van der Waals surface area contributed by atoms with Crippen LogP contribution in [0.4, 0.5) is 14.6 Å². The van der Waals surface area contributed by atoms with E-state index in [0.29, 0.717) is 4.60 Å². The predicted molar refractivity (Wildman–Crippen MR) is 45.5 cm³/mol. The van der Waals surface area contributed by atoms with Gasteiger partial charge in [0.25, 0.3) is 5.91 Å². The minimum Gasteiger partial charge on any atom is -0.304 e. The standard InChI is InChI=1S/C6H6BrF2N3O/c1-12-3(7)2-4(11-12)10-6(13)5(8)9/h2,5H,1H3,(H,10,11,13). The molecule has 0 aliphatic rings. The fraction of sp³-hybridized carbons (Fsp3) is 0.333. The molecular formula is C6H6BrF2N3O. The second-order valence-electron chi connectivity index (χ2n) is 2.27. The Labute approximate surface area is 81.0 Å². The van der Waals surface area contributed by atoms with E-state index < -0.39 is 12.3 Å². The van der Waals surface area contributed by atoms with E-state index in [1.807, 2.05) is 5.32 Å². The molecule has 1 rings (SSSR count). The van der Waals surface area contributed by atoms with Gasteiger partial charge in [0.1, 0.15) is 4.60 Å². The summed E-state index contributed by atoms with van der Waals surface area (Å²) in [6.07, 6.45) is -3.03. The molecule has 0 saturated heterocycles. The predicted octanol–water partition coefficient (Wildman–Crippen LogP) is 1.39. The lowest BCUT2D eigenvalue weighted by Crippen LogP contribution is -2.20. The lowest BCUT2D eigenvalue weighted by atomic mass is 10.5. The number of amides is 1. The van der Waals surface area contributed by atoms with Gasteiger partial charge < -0.3 is 5.32 Å². The molecule has 4 nitrogen and oxygen atoms in total. The van der Waals surface area contributed by atoms with Crippen LogP contribution in [-0.2, 0) is 11.8 Å². The summed E-state index contributed by atoms with van der Waals surface area (Å²) in [4.78, 5) is 10.5. The Bertz CT molecular complexity index is 306. The maximum Gasteiger partial charge on any atom is 0.315 e. The summed E-state index contributed by atoms with van der Waals surface area (Å²) in [5.41, 5.74) is 0. The van der Waals surface area contributed by atoms with Crippen LogP contribution in [0.1, 0.15) is 0 Å². The highest BCUT2D eigenvalue weighted by atomic mass is 79.9. The minimum atomic E-state index is -3.03. The van der Waals surface area contributed by atoms with Crippen molar-refractivity contribution in [3.8, 4) is 0 Å². The summed E-state index contributed by atoms with van der Waals surface area (Å²) in [6, 6.07) is 1.43. The largest absolute Gasteiger partial charge is 0.315 e. The molecule has 0 aromatic carbocycles. The van der Waals surface area contributed by atoms with Gasteiger partial charge in [0, 0.05) is 13.1 Å². The van der Waals surface area contributed by atoms with Gasteiger partial charge in [-0.25, -0.2) is 0 Å². The number of carbonyl (C=O) groups is 1. The van der Waals surface area contributed by atoms with E-state index in [-0.39, 0.29) is 5.82 Å². The van der Waals surface area contributed by atoms with Crippen molar-refractivity contribution < 1.29 is 13.6 Å². The van der Waals surface area contributed by atoms with Crippen LogP contribution in [0, 0.1) is 0 Å². The molecule has 72 valence electrons. The number of nitrogens with zero attached hydrogens (tertiary/aromatic N) is 2. The number of halogens is 3. The molecular weight excluding hydrogens is 248 g/mol. The van der Waals surface area contributed by atoms with E-state index in [0.717, 1.165) is 0 Å². The minimum absolute atomic E-state index is 0.0969. The molecule has 0 bridgehead atoms. The number of nitrogens with one attached hydrogen (secondary N) is 1. The first-order valence-electron chi connectivity index (χ1n) is 3.29. The molecule has 0 aliphatic carbocycles. The molecule has 0 unspecified atom stereocenters. The lowest BCUT2D eigenvalue weighted by Gasteiger charge is -1.98. The average Bonchev–Trinajstić information content (AvgIpc) is 2.31. The fourth-order valence-corrected chi connectivity index (χ4v) is 0.982. The first-order valence-corrected chi connectivity index (χ1v) is 4.08. The van der Waals surface area contributed by atoms with Crippen LogP contribution in [0.25, 0.3) is 0 Å². The molecule has 1 aromatic heterocycles. The lowest BCUT2D eigenvalue weighted by molar-refractivity contribution is -0.126. The zero-order valence-electron chi connectivity index (χ0n) is 6.59. The third-order valence-corrected chi connectivity index (χ3v) is 2.01. The van der Waals surface area contributed by atoms with E-state index in [9.17, 15) is 13.6 Å². The van der Waals surface area contributed by atoms with E-state index in [1.165, 1.54) is 10.7 Å². The Hall–Kier alpha value is -0.980. The molecule has 1 heterocycles. The van der Waals surface area contributed by atoms with E-state index in [2.05, 4.69) is 21.0 Å². The Morgan fingerprint density at radius 3 is 2.77 bits per heavy atom. The van der Waals surface area contributed by atoms with Crippen molar-refractivity contribution in [2.45, 2.75) is 6.43 Å². The van der Waals surface area contributed by atoms with Crippen molar-refractivity contribution in [1.82, 2.24) is 9.78 Å². The van der Waals surface area contributed by atoms with E-state index in [1.54, 1.807) is 7.05 Å².